The van der Waals surface area contributed by atoms with E-state index < -0.39 is 24.3 Å². The van der Waals surface area contributed by atoms with E-state index in [4.69, 9.17) is 19.2 Å². The lowest BCUT2D eigenvalue weighted by Gasteiger charge is -2.34. The van der Waals surface area contributed by atoms with Crippen LogP contribution in [-0.4, -0.2) is 100 Å². The number of likely N-dealkylation sites (tertiary alicyclic amines) is 2. The average molecular weight is 883 g/mol. The summed E-state index contributed by atoms with van der Waals surface area (Å²) < 4.78 is 31.2. The minimum atomic E-state index is -0.908. The Hall–Kier alpha value is -7.07. The van der Waals surface area contributed by atoms with Gasteiger partial charge >= 0.3 is 12.2 Å². The molecular weight excluding hydrogens is 832 g/mol. The molecule has 0 spiro atoms. The third-order valence-corrected chi connectivity index (χ3v) is 12.9. The highest BCUT2D eigenvalue weighted by atomic mass is 19.1. The number of halogens is 1. The van der Waals surface area contributed by atoms with E-state index in [1.54, 1.807) is 34.2 Å². The van der Waals surface area contributed by atoms with Gasteiger partial charge in [-0.2, -0.15) is 0 Å². The number of fused-ring (bicyclic) bond motifs is 1. The fourth-order valence-electron chi connectivity index (χ4n) is 9.50. The number of carbonyl (C=O) groups excluding carboxylic acids is 4. The molecule has 4 atom stereocenters. The number of nitrogens with one attached hydrogen (secondary N) is 4. The van der Waals surface area contributed by atoms with Crippen LogP contribution in [0.1, 0.15) is 73.9 Å². The molecule has 3 saturated heterocycles. The summed E-state index contributed by atoms with van der Waals surface area (Å²) in [6, 6.07) is 23.8. The number of nitrogens with zero attached hydrogens (tertiary/aromatic N) is 4. The lowest BCUT2D eigenvalue weighted by atomic mass is 9.90. The Morgan fingerprint density at radius 1 is 0.754 bits per heavy atom. The summed E-state index contributed by atoms with van der Waals surface area (Å²) >= 11 is 0. The van der Waals surface area contributed by atoms with Crippen LogP contribution in [0.15, 0.2) is 97.3 Å². The van der Waals surface area contributed by atoms with Crippen molar-refractivity contribution in [2.45, 2.75) is 62.7 Å². The van der Waals surface area contributed by atoms with Crippen LogP contribution in [0.25, 0.3) is 44.4 Å². The van der Waals surface area contributed by atoms with Crippen molar-refractivity contribution in [3.8, 4) is 33.6 Å². The van der Waals surface area contributed by atoms with Gasteiger partial charge in [-0.25, -0.2) is 23.9 Å². The number of alkyl carbamates (subject to hydrolysis) is 2. The number of H-pyrrole nitrogens is 2. The van der Waals surface area contributed by atoms with Gasteiger partial charge in [0.25, 0.3) is 5.91 Å². The molecule has 4 aromatic carbocycles. The van der Waals surface area contributed by atoms with Crippen LogP contribution in [0, 0.1) is 11.7 Å². The molecule has 15 nitrogen and oxygen atoms in total. The standard InChI is InChI=1S/C49H51FN8O7/c1-63-48(61)55-42(29-8-4-3-5-9-29)46(59)57-20-6-10-40(57)44-51-27-38(53-44)34-15-13-31-24-33(14-12-32(31)25-34)36-17-16-35(26-37(36)50)39-28-52-45(54-39)41-11-7-21-58(41)47(60)43(56-49(62)64-2)30-18-22-65-23-19-30/h3-5,8-9,12-17,24-28,30,40-43H,6-7,10-11,18-23H2,1-2H3,(H,51,53)(H,52,54)(H,55,61)(H,56,62)/t40?,41-,42+,43-/m0/s1. The van der Waals surface area contributed by atoms with E-state index in [0.717, 1.165) is 46.9 Å². The highest BCUT2D eigenvalue weighted by Crippen LogP contribution is 2.37. The molecule has 3 aliphatic heterocycles. The minimum Gasteiger partial charge on any atom is -0.453 e. The monoisotopic (exact) mass is 882 g/mol. The molecule has 4 N–H and O–H groups in total. The normalized spacial score (nSPS) is 18.6. The van der Waals surface area contributed by atoms with Crippen LogP contribution in [0.2, 0.25) is 0 Å². The van der Waals surface area contributed by atoms with Crippen LogP contribution < -0.4 is 10.6 Å². The first-order valence-electron chi connectivity index (χ1n) is 22.1. The predicted octanol–water partition coefficient (Wildman–Crippen LogP) is 8.00. The smallest absolute Gasteiger partial charge is 0.407 e. The zero-order chi connectivity index (χ0) is 45.0. The zero-order valence-electron chi connectivity index (χ0n) is 36.2. The maximum atomic E-state index is 16.0. The van der Waals surface area contributed by atoms with Crippen molar-refractivity contribution in [1.82, 2.24) is 40.4 Å². The van der Waals surface area contributed by atoms with Gasteiger partial charge in [0, 0.05) is 49.2 Å². The maximum Gasteiger partial charge on any atom is 0.407 e. The van der Waals surface area contributed by atoms with Crippen LogP contribution in [0.3, 0.4) is 0 Å². The van der Waals surface area contributed by atoms with Gasteiger partial charge in [-0.3, -0.25) is 9.59 Å². The number of ether oxygens (including phenoxy) is 3. The van der Waals surface area contributed by atoms with Crippen molar-refractivity contribution in [2.24, 2.45) is 5.92 Å². The molecule has 16 heteroatoms. The zero-order valence-corrected chi connectivity index (χ0v) is 36.2. The highest BCUT2D eigenvalue weighted by molar-refractivity contribution is 5.91. The van der Waals surface area contributed by atoms with E-state index in [0.29, 0.717) is 79.6 Å². The van der Waals surface area contributed by atoms with Gasteiger partial charge in [0.05, 0.1) is 43.9 Å². The van der Waals surface area contributed by atoms with E-state index in [9.17, 15) is 19.2 Å². The number of aromatic amines is 2. The van der Waals surface area contributed by atoms with Crippen LogP contribution >= 0.6 is 0 Å². The Morgan fingerprint density at radius 2 is 1.40 bits per heavy atom. The summed E-state index contributed by atoms with van der Waals surface area (Å²) in [4.78, 5) is 72.3. The number of imidazole rings is 2. The molecule has 0 aliphatic carbocycles. The Balaban J connectivity index is 0.884. The summed E-state index contributed by atoms with van der Waals surface area (Å²) in [6.45, 7) is 2.11. The summed E-state index contributed by atoms with van der Waals surface area (Å²) in [5, 5.41) is 7.37. The highest BCUT2D eigenvalue weighted by Gasteiger charge is 2.41. The topological polar surface area (TPSA) is 184 Å². The third kappa shape index (κ3) is 9.03. The van der Waals surface area contributed by atoms with E-state index in [1.165, 1.54) is 20.3 Å². The second-order valence-electron chi connectivity index (χ2n) is 16.7. The maximum absolute atomic E-state index is 16.0. The number of carbonyl (C=O) groups is 4. The first kappa shape index (κ1) is 43.2. The first-order valence-corrected chi connectivity index (χ1v) is 22.1. The molecule has 3 aliphatic rings. The summed E-state index contributed by atoms with van der Waals surface area (Å²) in [5.41, 5.74) is 4.70. The van der Waals surface area contributed by atoms with Crippen LogP contribution in [0.4, 0.5) is 14.0 Å². The molecule has 0 radical (unpaired) electrons. The molecule has 4 amide bonds. The Kier molecular flexibility index (Phi) is 12.6. The Bertz CT molecular complexity index is 2700. The summed E-state index contributed by atoms with van der Waals surface area (Å²) in [6.07, 6.45) is 6.47. The van der Waals surface area contributed by atoms with Gasteiger partial charge in [0.1, 0.15) is 29.5 Å². The van der Waals surface area contributed by atoms with Gasteiger partial charge in [0.2, 0.25) is 5.91 Å². The molecule has 1 unspecified atom stereocenters. The molecule has 9 rings (SSSR count). The first-order chi connectivity index (χ1) is 31.7. The molecular formula is C49H51FN8O7. The minimum absolute atomic E-state index is 0.0731. The van der Waals surface area contributed by atoms with Crippen molar-refractivity contribution in [2.75, 3.05) is 40.5 Å². The second-order valence-corrected chi connectivity index (χ2v) is 16.7. The molecule has 336 valence electrons. The molecule has 0 bridgehead atoms. The number of aromatic nitrogens is 4. The van der Waals surface area contributed by atoms with Crippen molar-refractivity contribution in [1.29, 1.82) is 0 Å². The van der Waals surface area contributed by atoms with Crippen LogP contribution in [-0.2, 0) is 23.8 Å². The molecule has 0 saturated carbocycles. The van der Waals surface area contributed by atoms with E-state index in [2.05, 4.69) is 25.6 Å². The number of methoxy groups -OCH3 is 2. The SMILES string of the molecule is COC(=O)N[C@H](C(=O)N1CCC[C@H]1c1ncc(-c2ccc(-c3ccc4cc(-c5c[nH]c(C6CCCN6C(=O)[C@H](NC(=O)OC)c6ccccc6)n5)ccc4c3)c(F)c2)[nH]1)C1CCOCC1. The largest absolute Gasteiger partial charge is 0.453 e. The predicted molar refractivity (Wildman–Crippen MR) is 239 cm³/mol. The van der Waals surface area contributed by atoms with E-state index in [-0.39, 0.29) is 35.6 Å². The van der Waals surface area contributed by atoms with Gasteiger partial charge in [-0.15, -0.1) is 0 Å². The average Bonchev–Trinajstić information content (AvgIpc) is 4.20. The second kappa shape index (κ2) is 19.0. The van der Waals surface area contributed by atoms with Crippen molar-refractivity contribution in [3.63, 3.8) is 0 Å². The number of hydrogen-bond donors (Lipinski definition) is 4. The van der Waals surface area contributed by atoms with Gasteiger partial charge in [-0.05, 0) is 84.5 Å². The molecule has 6 aromatic rings. The van der Waals surface area contributed by atoms with Crippen molar-refractivity contribution >= 4 is 34.8 Å². The molecule has 2 aromatic heterocycles. The third-order valence-electron chi connectivity index (χ3n) is 12.9. The van der Waals surface area contributed by atoms with Gasteiger partial charge in [-0.1, -0.05) is 66.7 Å². The van der Waals surface area contributed by atoms with Gasteiger partial charge < -0.3 is 44.6 Å². The fourth-order valence-corrected chi connectivity index (χ4v) is 9.50. The lowest BCUT2D eigenvalue weighted by Crippen LogP contribution is -2.53. The Morgan fingerprint density at radius 3 is 2.11 bits per heavy atom. The van der Waals surface area contributed by atoms with Crippen molar-refractivity contribution < 1.29 is 37.8 Å². The summed E-state index contributed by atoms with van der Waals surface area (Å²) in [7, 11) is 2.55. The molecule has 5 heterocycles. The number of hydrogen-bond acceptors (Lipinski definition) is 9. The fraction of sp³-hybridized carbons (Fsp3) is 0.347. The number of amides is 4. The van der Waals surface area contributed by atoms with Crippen LogP contribution in [0.5, 0.6) is 0 Å². The summed E-state index contributed by atoms with van der Waals surface area (Å²) in [5.74, 6) is 0.398. The number of rotatable bonds is 11. The quantitative estimate of drug-likeness (QED) is 0.100. The number of benzene rings is 4. The van der Waals surface area contributed by atoms with Gasteiger partial charge in [0.15, 0.2) is 0 Å². The molecule has 65 heavy (non-hydrogen) atoms. The lowest BCUT2D eigenvalue weighted by molar-refractivity contribution is -0.137. The van der Waals surface area contributed by atoms with E-state index in [1.807, 2.05) is 66.9 Å². The molecule has 3 fully saturated rings. The Labute approximate surface area is 375 Å². The van der Waals surface area contributed by atoms with E-state index >= 15 is 4.39 Å². The van der Waals surface area contributed by atoms with Crippen molar-refractivity contribution in [3.05, 3.63) is 120 Å².